The van der Waals surface area contributed by atoms with Gasteiger partial charge in [0.1, 0.15) is 5.82 Å². The molecule has 2 N–H and O–H groups in total. The average Bonchev–Trinajstić information content (AvgIpc) is 2.72. The first-order valence-electron chi connectivity index (χ1n) is 8.24. The lowest BCUT2D eigenvalue weighted by atomic mass is 10.2. The molecule has 27 heavy (non-hydrogen) atoms. The molecule has 0 bridgehead atoms. The first-order valence-corrected chi connectivity index (χ1v) is 8.24. The van der Waals surface area contributed by atoms with Gasteiger partial charge in [0.05, 0.1) is 12.7 Å². The summed E-state index contributed by atoms with van der Waals surface area (Å²) in [6, 6.07) is 13.8. The third-order valence-electron chi connectivity index (χ3n) is 3.75. The van der Waals surface area contributed by atoms with Crippen molar-refractivity contribution >= 4 is 23.4 Å². The van der Waals surface area contributed by atoms with E-state index in [0.29, 0.717) is 29.2 Å². The summed E-state index contributed by atoms with van der Waals surface area (Å²) in [5.74, 6) is -0.145. The molecule has 1 aromatic carbocycles. The summed E-state index contributed by atoms with van der Waals surface area (Å²) in [7, 11) is 1.33. The maximum Gasteiger partial charge on any atom is 0.337 e. The van der Waals surface area contributed by atoms with Crippen molar-refractivity contribution < 1.29 is 14.3 Å². The van der Waals surface area contributed by atoms with Gasteiger partial charge in [0, 0.05) is 36.4 Å². The number of benzene rings is 1. The number of carbonyl (C=O) groups is 2. The standard InChI is InChI=1S/C20H18N4O3/c1-27-20(26)16-5-2-6-17(10-16)24-18-11-15(7-9-22-18)19(25)23-13-14-4-3-8-21-12-14/h2-12H,13H2,1H3,(H,22,24)(H,23,25). The van der Waals surface area contributed by atoms with Gasteiger partial charge in [0.25, 0.3) is 5.91 Å². The van der Waals surface area contributed by atoms with Gasteiger partial charge < -0.3 is 15.4 Å². The Kier molecular flexibility index (Phi) is 5.73. The molecule has 2 heterocycles. The number of carbonyl (C=O) groups excluding carboxylic acids is 2. The van der Waals surface area contributed by atoms with Gasteiger partial charge in [-0.15, -0.1) is 0 Å². The Labute approximate surface area is 156 Å². The fourth-order valence-corrected chi connectivity index (χ4v) is 2.42. The smallest absolute Gasteiger partial charge is 0.337 e. The van der Waals surface area contributed by atoms with Crippen LogP contribution in [0, 0.1) is 0 Å². The second-order valence-corrected chi connectivity index (χ2v) is 5.67. The van der Waals surface area contributed by atoms with E-state index < -0.39 is 5.97 Å². The van der Waals surface area contributed by atoms with Gasteiger partial charge in [-0.2, -0.15) is 0 Å². The highest BCUT2D eigenvalue weighted by atomic mass is 16.5. The van der Waals surface area contributed by atoms with Crippen molar-refractivity contribution in [3.63, 3.8) is 0 Å². The first-order chi connectivity index (χ1) is 13.2. The minimum atomic E-state index is -0.421. The van der Waals surface area contributed by atoms with E-state index in [2.05, 4.69) is 20.6 Å². The molecule has 0 fully saturated rings. The number of pyridine rings is 2. The molecule has 1 amide bonds. The quantitative estimate of drug-likeness (QED) is 0.655. The summed E-state index contributed by atoms with van der Waals surface area (Å²) >= 11 is 0. The molecule has 0 aliphatic carbocycles. The summed E-state index contributed by atoms with van der Waals surface area (Å²) in [4.78, 5) is 32.2. The van der Waals surface area contributed by atoms with Crippen LogP contribution in [0.2, 0.25) is 0 Å². The highest BCUT2D eigenvalue weighted by Crippen LogP contribution is 2.17. The predicted octanol–water partition coefficient (Wildman–Crippen LogP) is 2.94. The molecule has 7 heteroatoms. The van der Waals surface area contributed by atoms with Gasteiger partial charge in [-0.1, -0.05) is 12.1 Å². The number of amides is 1. The number of ether oxygens (including phenoxy) is 1. The van der Waals surface area contributed by atoms with Crippen molar-refractivity contribution in [1.82, 2.24) is 15.3 Å². The van der Waals surface area contributed by atoms with Crippen molar-refractivity contribution in [2.45, 2.75) is 6.54 Å². The van der Waals surface area contributed by atoms with Crippen molar-refractivity contribution in [3.8, 4) is 0 Å². The molecule has 0 saturated heterocycles. The van der Waals surface area contributed by atoms with Crippen molar-refractivity contribution in [1.29, 1.82) is 0 Å². The Hall–Kier alpha value is -3.74. The van der Waals surface area contributed by atoms with Crippen LogP contribution >= 0.6 is 0 Å². The predicted molar refractivity (Wildman–Crippen MR) is 101 cm³/mol. The Morgan fingerprint density at radius 1 is 1.04 bits per heavy atom. The molecule has 136 valence electrons. The van der Waals surface area contributed by atoms with Crippen molar-refractivity contribution in [2.24, 2.45) is 0 Å². The second kappa shape index (κ2) is 8.57. The third-order valence-corrected chi connectivity index (χ3v) is 3.75. The Bertz CT molecular complexity index is 945. The van der Waals surface area contributed by atoms with E-state index in [0.717, 1.165) is 5.56 Å². The first kappa shape index (κ1) is 18.1. The summed E-state index contributed by atoms with van der Waals surface area (Å²) < 4.78 is 4.72. The zero-order valence-electron chi connectivity index (χ0n) is 14.7. The zero-order valence-corrected chi connectivity index (χ0v) is 14.7. The van der Waals surface area contributed by atoms with Crippen LogP contribution in [-0.2, 0) is 11.3 Å². The molecule has 0 unspecified atom stereocenters. The third kappa shape index (κ3) is 4.88. The van der Waals surface area contributed by atoms with Crippen LogP contribution in [0.4, 0.5) is 11.5 Å². The maximum absolute atomic E-state index is 12.4. The van der Waals surface area contributed by atoms with Gasteiger partial charge in [0.2, 0.25) is 0 Å². The van der Waals surface area contributed by atoms with E-state index in [1.54, 1.807) is 55.0 Å². The van der Waals surface area contributed by atoms with Crippen LogP contribution in [-0.4, -0.2) is 29.0 Å². The van der Waals surface area contributed by atoms with E-state index in [1.807, 2.05) is 12.1 Å². The van der Waals surface area contributed by atoms with Gasteiger partial charge in [-0.05, 0) is 42.0 Å². The normalized spacial score (nSPS) is 10.1. The van der Waals surface area contributed by atoms with E-state index in [4.69, 9.17) is 4.74 Å². The lowest BCUT2D eigenvalue weighted by Gasteiger charge is -2.09. The molecule has 0 spiro atoms. The van der Waals surface area contributed by atoms with Crippen molar-refractivity contribution in [2.75, 3.05) is 12.4 Å². The minimum Gasteiger partial charge on any atom is -0.465 e. The molecule has 0 saturated carbocycles. The molecule has 0 atom stereocenters. The summed E-state index contributed by atoms with van der Waals surface area (Å²) in [6.45, 7) is 0.388. The molecule has 3 aromatic rings. The number of nitrogens with zero attached hydrogens (tertiary/aromatic N) is 2. The molecule has 0 aliphatic rings. The topological polar surface area (TPSA) is 93.2 Å². The van der Waals surface area contributed by atoms with Crippen LogP contribution in [0.3, 0.4) is 0 Å². The van der Waals surface area contributed by atoms with Gasteiger partial charge in [0.15, 0.2) is 0 Å². The maximum atomic E-state index is 12.4. The summed E-state index contributed by atoms with van der Waals surface area (Å²) in [6.07, 6.45) is 4.93. The molecular weight excluding hydrogens is 344 g/mol. The molecular formula is C20H18N4O3. The number of nitrogens with one attached hydrogen (secondary N) is 2. The molecule has 0 radical (unpaired) electrons. The highest BCUT2D eigenvalue weighted by molar-refractivity contribution is 5.95. The van der Waals surface area contributed by atoms with Crippen LogP contribution in [0.15, 0.2) is 67.1 Å². The van der Waals surface area contributed by atoms with Crippen LogP contribution in [0.1, 0.15) is 26.3 Å². The van der Waals surface area contributed by atoms with Gasteiger partial charge in [-0.3, -0.25) is 9.78 Å². The fourth-order valence-electron chi connectivity index (χ4n) is 2.42. The second-order valence-electron chi connectivity index (χ2n) is 5.67. The number of hydrogen-bond donors (Lipinski definition) is 2. The van der Waals surface area contributed by atoms with Gasteiger partial charge >= 0.3 is 5.97 Å². The van der Waals surface area contributed by atoms with Crippen LogP contribution < -0.4 is 10.6 Å². The van der Waals surface area contributed by atoms with E-state index in [1.165, 1.54) is 7.11 Å². The number of esters is 1. The molecule has 3 rings (SSSR count). The number of rotatable bonds is 6. The molecule has 7 nitrogen and oxygen atoms in total. The average molecular weight is 362 g/mol. The molecule has 0 aliphatic heterocycles. The van der Waals surface area contributed by atoms with E-state index in [-0.39, 0.29) is 5.91 Å². The largest absolute Gasteiger partial charge is 0.465 e. The number of methoxy groups -OCH3 is 1. The lowest BCUT2D eigenvalue weighted by Crippen LogP contribution is -2.23. The minimum absolute atomic E-state index is 0.215. The zero-order chi connectivity index (χ0) is 19.1. The van der Waals surface area contributed by atoms with Crippen LogP contribution in [0.25, 0.3) is 0 Å². The van der Waals surface area contributed by atoms with E-state index in [9.17, 15) is 9.59 Å². The van der Waals surface area contributed by atoms with E-state index >= 15 is 0 Å². The SMILES string of the molecule is COC(=O)c1cccc(Nc2cc(C(=O)NCc3cccnc3)ccn2)c1. The summed E-state index contributed by atoms with van der Waals surface area (Å²) in [5.41, 5.74) is 2.48. The molecule has 2 aromatic heterocycles. The van der Waals surface area contributed by atoms with Gasteiger partial charge in [-0.25, -0.2) is 9.78 Å². The Morgan fingerprint density at radius 3 is 2.70 bits per heavy atom. The highest BCUT2D eigenvalue weighted by Gasteiger charge is 2.09. The monoisotopic (exact) mass is 362 g/mol. The number of anilines is 2. The Balaban J connectivity index is 1.68. The van der Waals surface area contributed by atoms with Crippen LogP contribution in [0.5, 0.6) is 0 Å². The number of hydrogen-bond acceptors (Lipinski definition) is 6. The summed E-state index contributed by atoms with van der Waals surface area (Å²) in [5, 5.41) is 5.93. The number of aromatic nitrogens is 2. The lowest BCUT2D eigenvalue weighted by molar-refractivity contribution is 0.0600. The Morgan fingerprint density at radius 2 is 1.93 bits per heavy atom. The fraction of sp³-hybridized carbons (Fsp3) is 0.100. The van der Waals surface area contributed by atoms with Crippen molar-refractivity contribution in [3.05, 3.63) is 83.8 Å².